The highest BCUT2D eigenvalue weighted by Crippen LogP contribution is 2.42. The molecule has 1 aliphatic heterocycles. The van der Waals surface area contributed by atoms with Gasteiger partial charge >= 0.3 is 11.9 Å². The largest absolute Gasteiger partial charge is 0.462 e. The summed E-state index contributed by atoms with van der Waals surface area (Å²) in [5.74, 6) is -0.969. The van der Waals surface area contributed by atoms with Crippen molar-refractivity contribution in [3.05, 3.63) is 60.2 Å². The maximum Gasteiger partial charge on any atom is 0.338 e. The van der Waals surface area contributed by atoms with Crippen molar-refractivity contribution in [3.8, 4) is 11.1 Å². The average Bonchev–Trinajstić information content (AvgIpc) is 3.17. The molecular weight excluding hydrogens is 332 g/mol. The molecule has 26 heavy (non-hydrogen) atoms. The molecule has 1 saturated heterocycles. The van der Waals surface area contributed by atoms with Crippen LogP contribution in [0.5, 0.6) is 0 Å². The van der Waals surface area contributed by atoms with E-state index in [9.17, 15) is 14.7 Å². The number of ether oxygens (including phenoxy) is 2. The molecule has 0 bridgehead atoms. The summed E-state index contributed by atoms with van der Waals surface area (Å²) in [5.41, 5.74) is 2.58. The lowest BCUT2D eigenvalue weighted by Gasteiger charge is -2.20. The molecule has 2 aromatic rings. The number of rotatable bonds is 4. The van der Waals surface area contributed by atoms with Crippen LogP contribution in [-0.4, -0.2) is 35.9 Å². The van der Waals surface area contributed by atoms with Gasteiger partial charge in [0.05, 0.1) is 12.0 Å². The maximum atomic E-state index is 12.5. The second-order valence-corrected chi connectivity index (χ2v) is 6.87. The Bertz CT molecular complexity index is 799. The normalized spacial score (nSPS) is 27.0. The summed E-state index contributed by atoms with van der Waals surface area (Å²) in [4.78, 5) is 23.9. The Hall–Kier alpha value is -2.66. The van der Waals surface area contributed by atoms with Crippen molar-refractivity contribution < 1.29 is 24.2 Å². The number of aliphatic hydroxyl groups is 1. The molecule has 4 rings (SSSR count). The Morgan fingerprint density at radius 3 is 2.46 bits per heavy atom. The van der Waals surface area contributed by atoms with E-state index in [-0.39, 0.29) is 36.9 Å². The fourth-order valence-corrected chi connectivity index (χ4v) is 3.98. The van der Waals surface area contributed by atoms with Crippen molar-refractivity contribution in [2.24, 2.45) is 11.8 Å². The Morgan fingerprint density at radius 2 is 1.77 bits per heavy atom. The highest BCUT2D eigenvalue weighted by molar-refractivity contribution is 5.90. The van der Waals surface area contributed by atoms with E-state index in [0.29, 0.717) is 12.0 Å². The third kappa shape index (κ3) is 3.10. The lowest BCUT2D eigenvalue weighted by Crippen LogP contribution is -2.28. The van der Waals surface area contributed by atoms with Crippen LogP contribution in [0.3, 0.4) is 0 Å². The first kappa shape index (κ1) is 16.8. The van der Waals surface area contributed by atoms with Gasteiger partial charge < -0.3 is 14.6 Å². The van der Waals surface area contributed by atoms with Crippen LogP contribution in [0.1, 0.15) is 23.2 Å². The molecule has 1 aliphatic carbocycles. The van der Waals surface area contributed by atoms with Crippen molar-refractivity contribution in [2.75, 3.05) is 6.61 Å². The minimum atomic E-state index is -0.426. The lowest BCUT2D eigenvalue weighted by atomic mass is 9.93. The van der Waals surface area contributed by atoms with E-state index < -0.39 is 12.1 Å². The Morgan fingerprint density at radius 1 is 1.08 bits per heavy atom. The number of carbonyl (C=O) groups excluding carboxylic acids is 2. The molecule has 0 aromatic heterocycles. The lowest BCUT2D eigenvalue weighted by molar-refractivity contribution is -0.141. The zero-order chi connectivity index (χ0) is 18.1. The number of hydrogen-bond acceptors (Lipinski definition) is 5. The van der Waals surface area contributed by atoms with E-state index in [1.54, 1.807) is 12.1 Å². The molecule has 1 saturated carbocycles. The molecule has 0 spiro atoms. The predicted molar refractivity (Wildman–Crippen MR) is 94.3 cm³/mol. The molecule has 0 unspecified atom stereocenters. The van der Waals surface area contributed by atoms with Gasteiger partial charge in [-0.3, -0.25) is 4.79 Å². The first-order valence-corrected chi connectivity index (χ1v) is 8.82. The zero-order valence-corrected chi connectivity index (χ0v) is 14.2. The summed E-state index contributed by atoms with van der Waals surface area (Å²) in [5, 5.41) is 9.66. The fraction of sp³-hybridized carbons (Fsp3) is 0.333. The van der Waals surface area contributed by atoms with E-state index in [4.69, 9.17) is 9.47 Å². The summed E-state index contributed by atoms with van der Waals surface area (Å²) in [6.45, 7) is -0.122. The standard InChI is InChI=1S/C21H20O5/c22-12-17-16-10-20(23)25-18(16)11-19(17)26-21(24)15-8-6-14(7-9-15)13-4-2-1-3-5-13/h1-9,16-19,22H,10-12H2/t16-,17-,18+,19+/m1/s1. The number of aliphatic hydroxyl groups excluding tert-OH is 1. The van der Waals surface area contributed by atoms with E-state index in [0.717, 1.165) is 11.1 Å². The van der Waals surface area contributed by atoms with Crippen molar-refractivity contribution >= 4 is 11.9 Å². The minimum absolute atomic E-state index is 0.0641. The molecule has 5 nitrogen and oxygen atoms in total. The molecular formula is C21H20O5. The van der Waals surface area contributed by atoms with Gasteiger partial charge in [0.15, 0.2) is 0 Å². The molecule has 4 atom stereocenters. The Kier molecular flexibility index (Phi) is 4.47. The van der Waals surface area contributed by atoms with Gasteiger partial charge in [-0.25, -0.2) is 4.79 Å². The topological polar surface area (TPSA) is 72.8 Å². The van der Waals surface area contributed by atoms with Crippen LogP contribution in [0.15, 0.2) is 54.6 Å². The molecule has 5 heteroatoms. The van der Waals surface area contributed by atoms with E-state index in [2.05, 4.69) is 0 Å². The van der Waals surface area contributed by atoms with Gasteiger partial charge in [-0.2, -0.15) is 0 Å². The monoisotopic (exact) mass is 352 g/mol. The third-order valence-corrected chi connectivity index (χ3v) is 5.35. The second-order valence-electron chi connectivity index (χ2n) is 6.87. The van der Waals surface area contributed by atoms with Gasteiger partial charge in [0, 0.05) is 24.9 Å². The summed E-state index contributed by atoms with van der Waals surface area (Å²) >= 11 is 0. The molecule has 1 heterocycles. The van der Waals surface area contributed by atoms with Crippen LogP contribution in [0.25, 0.3) is 11.1 Å². The third-order valence-electron chi connectivity index (χ3n) is 5.35. The van der Waals surface area contributed by atoms with Crippen molar-refractivity contribution in [3.63, 3.8) is 0 Å². The highest BCUT2D eigenvalue weighted by Gasteiger charge is 2.51. The SMILES string of the molecule is O=C1C[C@@H]2[C@@H](CO)[C@@H](OC(=O)c3ccc(-c4ccccc4)cc3)C[C@@H]2O1. The average molecular weight is 352 g/mol. The second kappa shape index (κ2) is 6.92. The minimum Gasteiger partial charge on any atom is -0.462 e. The molecule has 0 radical (unpaired) electrons. The summed E-state index contributed by atoms with van der Waals surface area (Å²) < 4.78 is 10.9. The van der Waals surface area contributed by atoms with Crippen molar-refractivity contribution in [1.82, 2.24) is 0 Å². The maximum absolute atomic E-state index is 12.5. The van der Waals surface area contributed by atoms with Crippen LogP contribution < -0.4 is 0 Å². The number of carbonyl (C=O) groups is 2. The van der Waals surface area contributed by atoms with Gasteiger partial charge in [-0.15, -0.1) is 0 Å². The Balaban J connectivity index is 1.44. The van der Waals surface area contributed by atoms with E-state index in [1.165, 1.54) is 0 Å². The number of esters is 2. The molecule has 134 valence electrons. The first-order chi connectivity index (χ1) is 12.7. The smallest absolute Gasteiger partial charge is 0.338 e. The van der Waals surface area contributed by atoms with Crippen LogP contribution in [0.2, 0.25) is 0 Å². The molecule has 2 aliphatic rings. The quantitative estimate of drug-likeness (QED) is 0.857. The van der Waals surface area contributed by atoms with Gasteiger partial charge in [0.25, 0.3) is 0 Å². The summed E-state index contributed by atoms with van der Waals surface area (Å²) in [7, 11) is 0. The van der Waals surface area contributed by atoms with Crippen molar-refractivity contribution in [2.45, 2.75) is 25.0 Å². The first-order valence-electron chi connectivity index (χ1n) is 8.82. The molecule has 2 fully saturated rings. The molecule has 0 amide bonds. The number of benzene rings is 2. The predicted octanol–water partition coefficient (Wildman–Crippen LogP) is 2.82. The highest BCUT2D eigenvalue weighted by atomic mass is 16.6. The van der Waals surface area contributed by atoms with Gasteiger partial charge in [-0.1, -0.05) is 42.5 Å². The van der Waals surface area contributed by atoms with Gasteiger partial charge in [-0.05, 0) is 23.3 Å². The number of hydrogen-bond donors (Lipinski definition) is 1. The van der Waals surface area contributed by atoms with Crippen molar-refractivity contribution in [1.29, 1.82) is 0 Å². The van der Waals surface area contributed by atoms with Gasteiger partial charge in [0.1, 0.15) is 12.2 Å². The van der Waals surface area contributed by atoms with Crippen LogP contribution in [-0.2, 0) is 14.3 Å². The van der Waals surface area contributed by atoms with Gasteiger partial charge in [0.2, 0.25) is 0 Å². The zero-order valence-electron chi connectivity index (χ0n) is 14.2. The summed E-state index contributed by atoms with van der Waals surface area (Å²) in [6, 6.07) is 17.2. The molecule has 1 N–H and O–H groups in total. The number of fused-ring (bicyclic) bond motifs is 1. The van der Waals surface area contributed by atoms with Crippen LogP contribution in [0.4, 0.5) is 0 Å². The summed E-state index contributed by atoms with van der Waals surface area (Å²) in [6.07, 6.45) is 0.0628. The van der Waals surface area contributed by atoms with E-state index >= 15 is 0 Å². The van der Waals surface area contributed by atoms with Crippen LogP contribution in [0, 0.1) is 11.8 Å². The molecule has 2 aromatic carbocycles. The van der Waals surface area contributed by atoms with Crippen LogP contribution >= 0.6 is 0 Å². The fourth-order valence-electron chi connectivity index (χ4n) is 3.98. The Labute approximate surface area is 151 Å². The van der Waals surface area contributed by atoms with E-state index in [1.807, 2.05) is 42.5 Å².